The molecular weight excluding hydrogens is 927 g/mol. The summed E-state index contributed by atoms with van der Waals surface area (Å²) in [7, 11) is -9.31. The molecule has 0 heterocycles. The summed E-state index contributed by atoms with van der Waals surface area (Å²) >= 11 is 0. The van der Waals surface area contributed by atoms with Crippen LogP contribution in [0.25, 0.3) is 0 Å². The average Bonchev–Trinajstić information content (AvgIpc) is 2.91. The van der Waals surface area contributed by atoms with Gasteiger partial charge in [0.2, 0.25) is 0 Å². The molecule has 300 valence electrons. The SMILES string of the molecule is CC(=O)O.CCCCCCCC/C=C\CCCCCCCC(=O)O.O=C(O)/C=C\C(=O)O.O=C(O)/C=C\C(=O)O.O=P(O)(O)O.O=S(=O)(O)O.[PbH2]. The van der Waals surface area contributed by atoms with Crippen LogP contribution in [-0.4, -0.2) is 126 Å². The molecule has 0 rings (SSSR count). The third kappa shape index (κ3) is 165. The van der Waals surface area contributed by atoms with E-state index in [1.165, 1.54) is 70.6 Å². The third-order valence-electron chi connectivity index (χ3n) is 4.39. The molecule has 0 aliphatic carbocycles. The van der Waals surface area contributed by atoms with Crippen LogP contribution < -0.4 is 0 Å². The Morgan fingerprint density at radius 2 is 0.765 bits per heavy atom. The molecule has 0 bridgehead atoms. The van der Waals surface area contributed by atoms with E-state index in [9.17, 15) is 24.0 Å². The van der Waals surface area contributed by atoms with E-state index < -0.39 is 54.0 Å². The molecular formula is C28H53O20PPbS. The Hall–Kier alpha value is -3.06. The van der Waals surface area contributed by atoms with Crippen molar-refractivity contribution in [3.8, 4) is 0 Å². The molecule has 0 atom stereocenters. The Bertz CT molecular complexity index is 1080. The number of hydrogen-bond acceptors (Lipinski definition) is 9. The quantitative estimate of drug-likeness (QED) is 0.0221. The fourth-order valence-electron chi connectivity index (χ4n) is 2.63. The summed E-state index contributed by atoms with van der Waals surface area (Å²) in [5.74, 6) is -6.53. The van der Waals surface area contributed by atoms with Crippen LogP contribution >= 0.6 is 7.82 Å². The molecule has 0 spiro atoms. The molecule has 0 unspecified atom stereocenters. The molecule has 20 nitrogen and oxygen atoms in total. The van der Waals surface area contributed by atoms with Crippen molar-refractivity contribution in [1.29, 1.82) is 0 Å². The topological polar surface area (TPSA) is 376 Å². The number of phosphoric acid groups is 1. The van der Waals surface area contributed by atoms with Crippen molar-refractivity contribution in [3.05, 3.63) is 36.5 Å². The molecule has 0 saturated carbocycles. The first kappa shape index (κ1) is 63.0. The number of hydrogen-bond donors (Lipinski definition) is 11. The summed E-state index contributed by atoms with van der Waals surface area (Å²) in [6, 6.07) is 0. The Labute approximate surface area is 316 Å². The molecule has 11 N–H and O–H groups in total. The normalized spacial score (nSPS) is 10.2. The van der Waals surface area contributed by atoms with E-state index in [2.05, 4.69) is 19.1 Å². The molecule has 51 heavy (non-hydrogen) atoms. The summed E-state index contributed by atoms with van der Waals surface area (Å²) in [4.78, 5) is 79.1. The molecule has 2 radical (unpaired) electrons. The average molecular weight is 980 g/mol. The Morgan fingerprint density at radius 3 is 0.980 bits per heavy atom. The summed E-state index contributed by atoms with van der Waals surface area (Å²) in [6.07, 6.45) is 23.5. The second-order valence-corrected chi connectivity index (χ2v) is 11.1. The van der Waals surface area contributed by atoms with Gasteiger partial charge in [-0.3, -0.25) is 18.7 Å². The predicted octanol–water partition coefficient (Wildman–Crippen LogP) is 3.13. The van der Waals surface area contributed by atoms with Crippen molar-refractivity contribution in [2.75, 3.05) is 0 Å². The third-order valence-corrected chi connectivity index (χ3v) is 4.39. The van der Waals surface area contributed by atoms with Crippen LogP contribution in [0, 0.1) is 0 Å². The second-order valence-electron chi connectivity index (χ2n) is 9.23. The molecule has 0 saturated heterocycles. The molecule has 23 heteroatoms. The molecule has 0 fully saturated rings. The Morgan fingerprint density at radius 1 is 0.549 bits per heavy atom. The van der Waals surface area contributed by atoms with Gasteiger partial charge >= 0.3 is 75.4 Å². The maximum atomic E-state index is 10.3. The van der Waals surface area contributed by atoms with Crippen LogP contribution in [0.2, 0.25) is 0 Å². The Balaban J connectivity index is -0.000000104. The van der Waals surface area contributed by atoms with Crippen molar-refractivity contribution in [2.45, 2.75) is 104 Å². The maximum absolute atomic E-state index is 10.3. The number of aliphatic carboxylic acids is 6. The number of rotatable bonds is 19. The summed E-state index contributed by atoms with van der Waals surface area (Å²) in [6.45, 7) is 3.34. The molecule has 0 amide bonds. The fraction of sp³-hybridized carbons (Fsp3) is 0.571. The summed E-state index contributed by atoms with van der Waals surface area (Å²) < 4.78 is 40.5. The standard InChI is InChI=1S/C18H34O2.2C4H4O4.C2H4O2.H3O4P.H2O4S.Pb.2H/c1-2-3-4-5-6-7-8-9-10-11-12-13-14-15-16-17-18(19)20;2*5-3(6)1-2-4(7)8;1-2(3)4;2*1-5(2,3)4;;;/h9-10H,2-8,11-17H2,1H3,(H,19,20);2*1-2H,(H,5,6)(H,7,8);1H3,(H,3,4);(H3,1,2,3,4);(H2,1,2,3,4);;;/b10-9-;2*2-1-;;;;;;. The monoisotopic (exact) mass is 980 g/mol. The minimum atomic E-state index is -4.67. The fourth-order valence-corrected chi connectivity index (χ4v) is 2.63. The minimum absolute atomic E-state index is 0. The molecule has 0 aromatic heterocycles. The number of allylic oxidation sites excluding steroid dienone is 2. The molecule has 0 aliphatic rings. The first-order chi connectivity index (χ1) is 22.8. The van der Waals surface area contributed by atoms with Crippen LogP contribution in [0.15, 0.2) is 36.5 Å². The predicted molar refractivity (Wildman–Crippen MR) is 186 cm³/mol. The van der Waals surface area contributed by atoms with Crippen molar-refractivity contribution in [3.63, 3.8) is 0 Å². The van der Waals surface area contributed by atoms with Crippen LogP contribution in [0.5, 0.6) is 0 Å². The van der Waals surface area contributed by atoms with E-state index in [1.807, 2.05) is 0 Å². The van der Waals surface area contributed by atoms with E-state index in [1.54, 1.807) is 0 Å². The first-order valence-corrected chi connectivity index (χ1v) is 17.5. The van der Waals surface area contributed by atoms with E-state index in [4.69, 9.17) is 72.2 Å². The van der Waals surface area contributed by atoms with E-state index in [0.29, 0.717) is 30.7 Å². The zero-order chi connectivity index (χ0) is 40.6. The van der Waals surface area contributed by atoms with Gasteiger partial charge in [-0.05, 0) is 32.1 Å². The van der Waals surface area contributed by atoms with Gasteiger partial charge in [-0.2, -0.15) is 8.42 Å². The van der Waals surface area contributed by atoms with Crippen LogP contribution in [-0.2, 0) is 43.7 Å². The molecule has 0 aromatic rings. The van der Waals surface area contributed by atoms with Gasteiger partial charge in [0.15, 0.2) is 0 Å². The van der Waals surface area contributed by atoms with Crippen molar-refractivity contribution in [2.24, 2.45) is 0 Å². The van der Waals surface area contributed by atoms with Gasteiger partial charge in [0, 0.05) is 37.6 Å². The summed E-state index contributed by atoms with van der Waals surface area (Å²) in [5.41, 5.74) is 0. The zero-order valence-corrected chi connectivity index (χ0v) is 35.7. The van der Waals surface area contributed by atoms with Gasteiger partial charge in [-0.25, -0.2) is 23.7 Å². The van der Waals surface area contributed by atoms with Crippen LogP contribution in [0.4, 0.5) is 0 Å². The second kappa shape index (κ2) is 45.0. The first-order valence-electron chi connectivity index (χ1n) is 14.6. The van der Waals surface area contributed by atoms with Crippen molar-refractivity contribution < 1.29 is 96.2 Å². The van der Waals surface area contributed by atoms with Gasteiger partial charge in [0.25, 0.3) is 5.97 Å². The zero-order valence-electron chi connectivity index (χ0n) is 28.5. The van der Waals surface area contributed by atoms with Gasteiger partial charge in [0.05, 0.1) is 0 Å². The van der Waals surface area contributed by atoms with Gasteiger partial charge in [0.1, 0.15) is 0 Å². The van der Waals surface area contributed by atoms with Gasteiger partial charge in [-0.15, -0.1) is 0 Å². The van der Waals surface area contributed by atoms with E-state index >= 15 is 0 Å². The van der Waals surface area contributed by atoms with Crippen LogP contribution in [0.3, 0.4) is 0 Å². The Kier molecular flexibility index (Phi) is 55.6. The van der Waals surface area contributed by atoms with E-state index in [-0.39, 0.29) is 27.3 Å². The number of unbranched alkanes of at least 4 members (excludes halogenated alkanes) is 11. The van der Waals surface area contributed by atoms with Gasteiger partial charge in [-0.1, -0.05) is 70.4 Å². The molecule has 0 aromatic carbocycles. The van der Waals surface area contributed by atoms with Crippen molar-refractivity contribution in [1.82, 2.24) is 0 Å². The van der Waals surface area contributed by atoms with Crippen molar-refractivity contribution >= 4 is 81.3 Å². The van der Waals surface area contributed by atoms with Crippen LogP contribution in [0.1, 0.15) is 104 Å². The summed E-state index contributed by atoms with van der Waals surface area (Å²) in [5, 5.41) is 47.2. The number of carboxylic acids is 6. The number of carbonyl (C=O) groups is 6. The van der Waals surface area contributed by atoms with Gasteiger partial charge < -0.3 is 45.3 Å². The van der Waals surface area contributed by atoms with E-state index in [0.717, 1.165) is 19.8 Å². The molecule has 0 aliphatic heterocycles. The number of carboxylic acid groups (broad SMARTS) is 6.